The van der Waals surface area contributed by atoms with Crippen molar-refractivity contribution in [2.75, 3.05) is 27.2 Å². The fourth-order valence-corrected chi connectivity index (χ4v) is 2.54. The topological polar surface area (TPSA) is 50.8 Å². The van der Waals surface area contributed by atoms with Crippen LogP contribution in [0.3, 0.4) is 0 Å². The maximum absolute atomic E-state index is 11.6. The maximum Gasteiger partial charge on any atom is 0.414 e. The average molecular weight is 413 g/mol. The number of hydrogen-bond donors (Lipinski definition) is 1. The molecule has 0 aliphatic heterocycles. The Hall–Kier alpha value is -1.95. The molecule has 27 heavy (non-hydrogen) atoms. The summed E-state index contributed by atoms with van der Waals surface area (Å²) in [5.41, 5.74) is 1.12. The van der Waals surface area contributed by atoms with Crippen molar-refractivity contribution in [1.82, 2.24) is 10.2 Å². The van der Waals surface area contributed by atoms with E-state index < -0.39 is 6.09 Å². The number of hydrogen-bond acceptors (Lipinski definition) is 4. The molecule has 0 bridgehead atoms. The fourth-order valence-electron chi connectivity index (χ4n) is 2.42. The van der Waals surface area contributed by atoms with Gasteiger partial charge in [0.2, 0.25) is 0 Å². The van der Waals surface area contributed by atoms with Crippen molar-refractivity contribution in [3.05, 3.63) is 59.1 Å². The van der Waals surface area contributed by atoms with Crippen LogP contribution in [-0.4, -0.2) is 38.2 Å². The first-order chi connectivity index (χ1) is 12.5. The van der Waals surface area contributed by atoms with E-state index in [1.54, 1.807) is 26.2 Å². The Labute approximate surface area is 172 Å². The number of halogens is 2. The molecule has 0 heterocycles. The van der Waals surface area contributed by atoms with Crippen LogP contribution >= 0.6 is 24.0 Å². The summed E-state index contributed by atoms with van der Waals surface area (Å²) < 4.78 is 11.0. The third kappa shape index (κ3) is 7.67. The molecule has 1 unspecified atom stereocenters. The molecule has 1 N–H and O–H groups in total. The predicted octanol–water partition coefficient (Wildman–Crippen LogP) is 4.94. The highest BCUT2D eigenvalue weighted by atomic mass is 35.5. The molecule has 0 saturated carbocycles. The van der Waals surface area contributed by atoms with Crippen LogP contribution in [0.4, 0.5) is 4.79 Å². The molecular formula is C20H26Cl2N2O3. The number of amides is 1. The quantitative estimate of drug-likeness (QED) is 0.666. The summed E-state index contributed by atoms with van der Waals surface area (Å²) in [6.07, 6.45) is 0.421. The van der Waals surface area contributed by atoms with Crippen molar-refractivity contribution in [3.63, 3.8) is 0 Å². The summed E-state index contributed by atoms with van der Waals surface area (Å²) in [6.45, 7) is 3.50. The van der Waals surface area contributed by atoms with E-state index in [-0.39, 0.29) is 18.4 Å². The van der Waals surface area contributed by atoms with Gasteiger partial charge in [0.15, 0.2) is 0 Å². The Morgan fingerprint density at radius 1 is 1.07 bits per heavy atom. The van der Waals surface area contributed by atoms with E-state index in [9.17, 15) is 4.79 Å². The molecular weight excluding hydrogens is 387 g/mol. The lowest BCUT2D eigenvalue weighted by atomic mass is 10.0. The highest BCUT2D eigenvalue weighted by Crippen LogP contribution is 2.22. The molecule has 1 atom stereocenters. The van der Waals surface area contributed by atoms with Gasteiger partial charge in [0, 0.05) is 31.6 Å². The van der Waals surface area contributed by atoms with E-state index >= 15 is 0 Å². The van der Waals surface area contributed by atoms with Crippen LogP contribution in [0.25, 0.3) is 0 Å². The number of rotatable bonds is 8. The monoisotopic (exact) mass is 412 g/mol. The van der Waals surface area contributed by atoms with Gasteiger partial charge < -0.3 is 19.7 Å². The van der Waals surface area contributed by atoms with Gasteiger partial charge in [0.25, 0.3) is 0 Å². The minimum absolute atomic E-state index is 0. The van der Waals surface area contributed by atoms with Gasteiger partial charge in [0.1, 0.15) is 11.5 Å². The summed E-state index contributed by atoms with van der Waals surface area (Å²) in [4.78, 5) is 13.0. The van der Waals surface area contributed by atoms with Gasteiger partial charge in [-0.1, -0.05) is 30.7 Å². The average Bonchev–Trinajstić information content (AvgIpc) is 2.63. The molecule has 148 valence electrons. The maximum atomic E-state index is 11.6. The van der Waals surface area contributed by atoms with Crippen molar-refractivity contribution in [1.29, 1.82) is 0 Å². The zero-order valence-electron chi connectivity index (χ0n) is 15.8. The van der Waals surface area contributed by atoms with Crippen molar-refractivity contribution < 1.29 is 14.3 Å². The number of benzene rings is 2. The fraction of sp³-hybridized carbons (Fsp3) is 0.350. The van der Waals surface area contributed by atoms with Crippen LogP contribution < -0.4 is 14.8 Å². The number of carbonyl (C=O) groups is 1. The normalized spacial score (nSPS) is 11.3. The van der Waals surface area contributed by atoms with Crippen molar-refractivity contribution >= 4 is 30.1 Å². The second kappa shape index (κ2) is 11.7. The first kappa shape index (κ1) is 23.1. The Bertz CT molecular complexity index is 691. The largest absolute Gasteiger partial charge is 0.494 e. The molecule has 0 fully saturated rings. The molecule has 0 aliphatic rings. The van der Waals surface area contributed by atoms with Crippen LogP contribution in [0.1, 0.15) is 24.9 Å². The predicted molar refractivity (Wildman–Crippen MR) is 111 cm³/mol. The standard InChI is InChI=1S/C20H25ClN2O3.ClH/c1-4-22-19(13-14-25-17-11-7-16(21)8-12-17)15-5-9-18(10-6-15)26-20(24)23(2)3;/h5-12,19,22H,4,13-14H2,1-3H3;1H. The van der Waals surface area contributed by atoms with Gasteiger partial charge in [-0.3, -0.25) is 0 Å². The molecule has 0 radical (unpaired) electrons. The smallest absolute Gasteiger partial charge is 0.414 e. The van der Waals surface area contributed by atoms with Gasteiger partial charge in [-0.2, -0.15) is 0 Å². The van der Waals surface area contributed by atoms with Crippen molar-refractivity contribution in [2.24, 2.45) is 0 Å². The van der Waals surface area contributed by atoms with Crippen LogP contribution in [-0.2, 0) is 0 Å². The highest BCUT2D eigenvalue weighted by Gasteiger charge is 2.12. The molecule has 0 aromatic heterocycles. The summed E-state index contributed by atoms with van der Waals surface area (Å²) in [5.74, 6) is 1.33. The van der Waals surface area contributed by atoms with E-state index in [0.29, 0.717) is 17.4 Å². The Kier molecular flexibility index (Phi) is 10.0. The minimum Gasteiger partial charge on any atom is -0.494 e. The first-order valence-corrected chi connectivity index (χ1v) is 8.98. The van der Waals surface area contributed by atoms with Gasteiger partial charge in [-0.05, 0) is 48.5 Å². The van der Waals surface area contributed by atoms with Crippen molar-refractivity contribution in [2.45, 2.75) is 19.4 Å². The summed E-state index contributed by atoms with van der Waals surface area (Å²) in [5, 5.41) is 4.15. The highest BCUT2D eigenvalue weighted by molar-refractivity contribution is 6.30. The Morgan fingerprint density at radius 3 is 2.22 bits per heavy atom. The van der Waals surface area contributed by atoms with Crippen LogP contribution in [0.2, 0.25) is 5.02 Å². The second-order valence-electron chi connectivity index (χ2n) is 6.03. The van der Waals surface area contributed by atoms with E-state index in [0.717, 1.165) is 24.3 Å². The molecule has 5 nitrogen and oxygen atoms in total. The summed E-state index contributed by atoms with van der Waals surface area (Å²) in [7, 11) is 3.30. The molecule has 0 aliphatic carbocycles. The van der Waals surface area contributed by atoms with Crippen LogP contribution in [0.15, 0.2) is 48.5 Å². The van der Waals surface area contributed by atoms with Crippen molar-refractivity contribution in [3.8, 4) is 11.5 Å². The van der Waals surface area contributed by atoms with Gasteiger partial charge >= 0.3 is 6.09 Å². The first-order valence-electron chi connectivity index (χ1n) is 8.60. The molecule has 0 spiro atoms. The molecule has 2 rings (SSSR count). The molecule has 7 heteroatoms. The van der Waals surface area contributed by atoms with E-state index in [1.807, 2.05) is 36.4 Å². The second-order valence-corrected chi connectivity index (χ2v) is 6.47. The lowest BCUT2D eigenvalue weighted by molar-refractivity contribution is 0.172. The zero-order chi connectivity index (χ0) is 18.9. The van der Waals surface area contributed by atoms with Gasteiger partial charge in [0.05, 0.1) is 6.61 Å². The third-order valence-electron chi connectivity index (χ3n) is 3.79. The minimum atomic E-state index is -0.391. The number of ether oxygens (including phenoxy) is 2. The number of carbonyl (C=O) groups excluding carboxylic acids is 1. The van der Waals surface area contributed by atoms with Gasteiger partial charge in [-0.15, -0.1) is 12.4 Å². The lowest BCUT2D eigenvalue weighted by Gasteiger charge is -2.19. The Balaban J connectivity index is 0.00000364. The summed E-state index contributed by atoms with van der Waals surface area (Å²) in [6, 6.07) is 15.0. The zero-order valence-corrected chi connectivity index (χ0v) is 17.3. The van der Waals surface area contributed by atoms with E-state index in [4.69, 9.17) is 21.1 Å². The Morgan fingerprint density at radius 2 is 1.67 bits per heavy atom. The lowest BCUT2D eigenvalue weighted by Crippen LogP contribution is -2.25. The summed E-state index contributed by atoms with van der Waals surface area (Å²) >= 11 is 5.88. The van der Waals surface area contributed by atoms with E-state index in [1.165, 1.54) is 4.90 Å². The molecule has 2 aromatic rings. The van der Waals surface area contributed by atoms with E-state index in [2.05, 4.69) is 12.2 Å². The number of nitrogens with one attached hydrogen (secondary N) is 1. The SMILES string of the molecule is CCNC(CCOc1ccc(Cl)cc1)c1ccc(OC(=O)N(C)C)cc1.Cl. The van der Waals surface area contributed by atoms with Crippen LogP contribution in [0, 0.1) is 0 Å². The molecule has 0 saturated heterocycles. The number of nitrogens with zero attached hydrogens (tertiary/aromatic N) is 1. The van der Waals surface area contributed by atoms with Crippen LogP contribution in [0.5, 0.6) is 11.5 Å². The third-order valence-corrected chi connectivity index (χ3v) is 4.04. The molecule has 2 aromatic carbocycles. The van der Waals surface area contributed by atoms with Gasteiger partial charge in [-0.25, -0.2) is 4.79 Å². The molecule has 1 amide bonds.